The van der Waals surface area contributed by atoms with E-state index in [2.05, 4.69) is 10.3 Å². The van der Waals surface area contributed by atoms with Gasteiger partial charge in [0.25, 0.3) is 0 Å². The quantitative estimate of drug-likeness (QED) is 0.443. The molecule has 1 aliphatic carbocycles. The standard InChI is InChI=1S/C23H20ClN5O2S/c1-31-12-10-19(30)27-23-26-17-9-8-15-20(14-5-4-11-25-13-14)28-29(21(15)22(17)32-23)18-7-3-2-6-16(18)24/h2-7,11,13H,8-10,12H2,1H3,(H,26,27,30). The molecule has 0 radical (unpaired) electrons. The predicted octanol–water partition coefficient (Wildman–Crippen LogP) is 4.78. The Morgan fingerprint density at radius 3 is 2.91 bits per heavy atom. The minimum absolute atomic E-state index is 0.117. The summed E-state index contributed by atoms with van der Waals surface area (Å²) >= 11 is 8.01. The van der Waals surface area contributed by atoms with E-state index in [-0.39, 0.29) is 12.3 Å². The van der Waals surface area contributed by atoms with Gasteiger partial charge in [0.05, 0.1) is 45.7 Å². The van der Waals surface area contributed by atoms with Gasteiger partial charge in [-0.15, -0.1) is 0 Å². The number of aromatic nitrogens is 4. The SMILES string of the molecule is COCCC(=O)Nc1nc2c(s1)-c1c(c(-c3cccnc3)nn1-c1ccccc1Cl)CC2. The van der Waals surface area contributed by atoms with Crippen LogP contribution in [0.3, 0.4) is 0 Å². The summed E-state index contributed by atoms with van der Waals surface area (Å²) in [5.41, 5.74) is 5.69. The number of hydrogen-bond donors (Lipinski definition) is 1. The summed E-state index contributed by atoms with van der Waals surface area (Å²) < 4.78 is 6.89. The van der Waals surface area contributed by atoms with Gasteiger partial charge in [-0.1, -0.05) is 35.1 Å². The maximum Gasteiger partial charge on any atom is 0.228 e. The van der Waals surface area contributed by atoms with E-state index < -0.39 is 0 Å². The van der Waals surface area contributed by atoms with Gasteiger partial charge >= 0.3 is 0 Å². The molecule has 0 unspecified atom stereocenters. The summed E-state index contributed by atoms with van der Waals surface area (Å²) in [4.78, 5) is 22.2. The van der Waals surface area contributed by atoms with Crippen LogP contribution < -0.4 is 5.32 Å². The Morgan fingerprint density at radius 2 is 2.12 bits per heavy atom. The molecule has 1 N–H and O–H groups in total. The van der Waals surface area contributed by atoms with E-state index in [0.717, 1.165) is 51.6 Å². The minimum Gasteiger partial charge on any atom is -0.384 e. The largest absolute Gasteiger partial charge is 0.384 e. The zero-order chi connectivity index (χ0) is 22.1. The monoisotopic (exact) mass is 465 g/mol. The van der Waals surface area contributed by atoms with Crippen molar-refractivity contribution in [3.63, 3.8) is 0 Å². The van der Waals surface area contributed by atoms with Gasteiger partial charge in [-0.3, -0.25) is 9.78 Å². The van der Waals surface area contributed by atoms with Crippen molar-refractivity contribution in [2.75, 3.05) is 19.0 Å². The van der Waals surface area contributed by atoms with Crippen molar-refractivity contribution in [3.8, 4) is 27.5 Å². The molecule has 0 atom stereocenters. The second-order valence-corrected chi connectivity index (χ2v) is 8.77. The number of thiazole rings is 1. The van der Waals surface area contributed by atoms with Crippen molar-refractivity contribution in [3.05, 3.63) is 65.1 Å². The molecule has 0 fully saturated rings. The van der Waals surface area contributed by atoms with E-state index in [1.165, 1.54) is 11.3 Å². The molecule has 0 aliphatic heterocycles. The summed E-state index contributed by atoms with van der Waals surface area (Å²) in [6.07, 6.45) is 5.42. The van der Waals surface area contributed by atoms with E-state index in [1.54, 1.807) is 13.3 Å². The van der Waals surface area contributed by atoms with Crippen LogP contribution >= 0.6 is 22.9 Å². The molecule has 162 valence electrons. The first-order valence-electron chi connectivity index (χ1n) is 10.2. The average Bonchev–Trinajstić information content (AvgIpc) is 3.39. The van der Waals surface area contributed by atoms with Gasteiger partial charge in [-0.05, 0) is 37.1 Å². The third kappa shape index (κ3) is 3.81. The van der Waals surface area contributed by atoms with Gasteiger partial charge < -0.3 is 10.1 Å². The zero-order valence-electron chi connectivity index (χ0n) is 17.3. The van der Waals surface area contributed by atoms with Gasteiger partial charge in [0.1, 0.15) is 0 Å². The summed E-state index contributed by atoms with van der Waals surface area (Å²) in [5.74, 6) is -0.117. The number of fused-ring (bicyclic) bond motifs is 3. The van der Waals surface area contributed by atoms with Crippen LogP contribution in [0.15, 0.2) is 48.8 Å². The molecule has 5 rings (SSSR count). The second kappa shape index (κ2) is 8.82. The Kier molecular flexibility index (Phi) is 5.73. The number of carbonyl (C=O) groups is 1. The van der Waals surface area contributed by atoms with Crippen molar-refractivity contribution in [1.82, 2.24) is 19.7 Å². The highest BCUT2D eigenvalue weighted by atomic mass is 35.5. The van der Waals surface area contributed by atoms with Crippen LogP contribution in [0.1, 0.15) is 17.7 Å². The van der Waals surface area contributed by atoms with E-state index in [9.17, 15) is 4.79 Å². The molecule has 4 aromatic rings. The number of methoxy groups -OCH3 is 1. The predicted molar refractivity (Wildman–Crippen MR) is 125 cm³/mol. The fraction of sp³-hybridized carbons (Fsp3) is 0.217. The molecule has 9 heteroatoms. The molecule has 0 saturated heterocycles. The highest BCUT2D eigenvalue weighted by molar-refractivity contribution is 7.19. The summed E-state index contributed by atoms with van der Waals surface area (Å²) in [6.45, 7) is 0.370. The first kappa shape index (κ1) is 20.8. The van der Waals surface area contributed by atoms with Crippen LogP contribution in [0.2, 0.25) is 5.02 Å². The maximum atomic E-state index is 12.2. The molecular weight excluding hydrogens is 446 g/mol. The lowest BCUT2D eigenvalue weighted by atomic mass is 9.95. The van der Waals surface area contributed by atoms with Gasteiger partial charge in [-0.2, -0.15) is 5.10 Å². The number of benzene rings is 1. The number of rotatable bonds is 6. The molecular formula is C23H20ClN5O2S. The van der Waals surface area contributed by atoms with Crippen molar-refractivity contribution in [1.29, 1.82) is 0 Å². The first-order valence-corrected chi connectivity index (χ1v) is 11.4. The molecule has 0 spiro atoms. The van der Waals surface area contributed by atoms with Crippen LogP contribution in [0.25, 0.3) is 27.5 Å². The lowest BCUT2D eigenvalue weighted by Crippen LogP contribution is -2.13. The maximum absolute atomic E-state index is 12.2. The first-order chi connectivity index (χ1) is 15.7. The van der Waals surface area contributed by atoms with Gasteiger partial charge in [-0.25, -0.2) is 9.67 Å². The number of pyridine rings is 1. The molecule has 1 aromatic carbocycles. The van der Waals surface area contributed by atoms with Crippen molar-refractivity contribution in [2.45, 2.75) is 19.3 Å². The molecule has 1 amide bonds. The van der Waals surface area contributed by atoms with Crippen LogP contribution in [-0.2, 0) is 22.4 Å². The molecule has 0 bridgehead atoms. The number of nitrogens with zero attached hydrogens (tertiary/aromatic N) is 4. The number of anilines is 1. The molecule has 7 nitrogen and oxygen atoms in total. The van der Waals surface area contributed by atoms with Crippen LogP contribution in [0.4, 0.5) is 5.13 Å². The van der Waals surface area contributed by atoms with Gasteiger partial charge in [0.2, 0.25) is 5.91 Å². The highest BCUT2D eigenvalue weighted by Crippen LogP contribution is 2.44. The van der Waals surface area contributed by atoms with Crippen molar-refractivity contribution >= 4 is 34.0 Å². The number of aryl methyl sites for hydroxylation is 1. The zero-order valence-corrected chi connectivity index (χ0v) is 18.9. The number of carbonyl (C=O) groups excluding carboxylic acids is 1. The number of amides is 1. The highest BCUT2D eigenvalue weighted by Gasteiger charge is 2.30. The van der Waals surface area contributed by atoms with E-state index >= 15 is 0 Å². The molecule has 3 heterocycles. The van der Waals surface area contributed by atoms with E-state index in [4.69, 9.17) is 26.4 Å². The fourth-order valence-corrected chi connectivity index (χ4v) is 5.13. The van der Waals surface area contributed by atoms with Crippen LogP contribution in [-0.4, -0.2) is 39.4 Å². The lowest BCUT2D eigenvalue weighted by Gasteiger charge is -2.14. The Morgan fingerprint density at radius 1 is 1.25 bits per heavy atom. The Bertz CT molecular complexity index is 1290. The normalized spacial score (nSPS) is 12.3. The van der Waals surface area contributed by atoms with Crippen LogP contribution in [0, 0.1) is 0 Å². The fourth-order valence-electron chi connectivity index (χ4n) is 3.83. The third-order valence-electron chi connectivity index (χ3n) is 5.30. The Balaban J connectivity index is 1.64. The second-order valence-electron chi connectivity index (χ2n) is 7.37. The molecule has 3 aromatic heterocycles. The topological polar surface area (TPSA) is 81.9 Å². The van der Waals surface area contributed by atoms with Crippen LogP contribution in [0.5, 0.6) is 0 Å². The lowest BCUT2D eigenvalue weighted by molar-refractivity contribution is -0.117. The third-order valence-corrected chi connectivity index (χ3v) is 6.64. The number of para-hydroxylation sites is 1. The number of ether oxygens (including phenoxy) is 1. The molecule has 32 heavy (non-hydrogen) atoms. The van der Waals surface area contributed by atoms with E-state index in [1.807, 2.05) is 47.3 Å². The number of hydrogen-bond acceptors (Lipinski definition) is 6. The Labute approximate surface area is 194 Å². The summed E-state index contributed by atoms with van der Waals surface area (Å²) in [6, 6.07) is 11.6. The summed E-state index contributed by atoms with van der Waals surface area (Å²) in [5, 5.41) is 9.06. The average molecular weight is 466 g/mol. The molecule has 1 aliphatic rings. The smallest absolute Gasteiger partial charge is 0.228 e. The van der Waals surface area contributed by atoms with Gasteiger partial charge in [0, 0.05) is 30.6 Å². The van der Waals surface area contributed by atoms with E-state index in [0.29, 0.717) is 16.8 Å². The number of halogens is 1. The number of nitrogens with one attached hydrogen (secondary N) is 1. The Hall–Kier alpha value is -3.07. The summed E-state index contributed by atoms with van der Waals surface area (Å²) in [7, 11) is 1.58. The van der Waals surface area contributed by atoms with Gasteiger partial charge in [0.15, 0.2) is 5.13 Å². The van der Waals surface area contributed by atoms with Crippen molar-refractivity contribution in [2.24, 2.45) is 0 Å². The minimum atomic E-state index is -0.117. The van der Waals surface area contributed by atoms with Crippen molar-refractivity contribution < 1.29 is 9.53 Å². The molecule has 0 saturated carbocycles.